The highest BCUT2D eigenvalue weighted by atomic mass is 16.2. The molecule has 1 aliphatic rings. The number of anilines is 1. The predicted octanol–water partition coefficient (Wildman–Crippen LogP) is 2.26. The van der Waals surface area contributed by atoms with E-state index in [0.717, 1.165) is 18.5 Å². The molecule has 1 aliphatic carbocycles. The number of hydrogen-bond acceptors (Lipinski definition) is 2. The van der Waals surface area contributed by atoms with E-state index in [9.17, 15) is 4.79 Å². The summed E-state index contributed by atoms with van der Waals surface area (Å²) < 4.78 is 0. The summed E-state index contributed by atoms with van der Waals surface area (Å²) >= 11 is 0. The maximum Gasteiger partial charge on any atom is 0.246 e. The maximum atomic E-state index is 12.0. The Hall–Kier alpha value is -1.35. The molecule has 0 saturated heterocycles. The zero-order chi connectivity index (χ0) is 12.6. The first-order valence-electron chi connectivity index (χ1n) is 6.11. The summed E-state index contributed by atoms with van der Waals surface area (Å²) in [5.41, 5.74) is 7.52. The molecule has 0 aliphatic heterocycles. The summed E-state index contributed by atoms with van der Waals surface area (Å²) in [4.78, 5) is 13.7. The lowest BCUT2D eigenvalue weighted by atomic mass is 10.0. The van der Waals surface area contributed by atoms with Gasteiger partial charge < -0.3 is 10.6 Å². The van der Waals surface area contributed by atoms with E-state index in [4.69, 9.17) is 5.73 Å². The van der Waals surface area contributed by atoms with Crippen molar-refractivity contribution in [3.8, 4) is 0 Å². The SMILES string of the molecule is CC(C)c1ccc(N(C)C(=O)C2(N)CC2)cc1. The summed E-state index contributed by atoms with van der Waals surface area (Å²) in [5.74, 6) is 0.532. The number of carbonyl (C=O) groups is 1. The van der Waals surface area contributed by atoms with E-state index < -0.39 is 5.54 Å². The van der Waals surface area contributed by atoms with Crippen molar-refractivity contribution in [1.29, 1.82) is 0 Å². The van der Waals surface area contributed by atoms with E-state index in [2.05, 4.69) is 26.0 Å². The molecular weight excluding hydrogens is 212 g/mol. The van der Waals surface area contributed by atoms with E-state index in [-0.39, 0.29) is 5.91 Å². The molecule has 2 rings (SSSR count). The first kappa shape index (κ1) is 12.1. The number of rotatable bonds is 3. The van der Waals surface area contributed by atoms with Gasteiger partial charge in [-0.2, -0.15) is 0 Å². The van der Waals surface area contributed by atoms with E-state index in [1.165, 1.54) is 5.56 Å². The van der Waals surface area contributed by atoms with Gasteiger partial charge >= 0.3 is 0 Å². The number of nitrogens with zero attached hydrogens (tertiary/aromatic N) is 1. The van der Waals surface area contributed by atoms with Crippen LogP contribution in [-0.2, 0) is 4.79 Å². The van der Waals surface area contributed by atoms with Crippen molar-refractivity contribution in [2.75, 3.05) is 11.9 Å². The normalized spacial score (nSPS) is 17.0. The Labute approximate surface area is 103 Å². The van der Waals surface area contributed by atoms with Crippen LogP contribution >= 0.6 is 0 Å². The van der Waals surface area contributed by atoms with Crippen LogP contribution in [0.5, 0.6) is 0 Å². The van der Waals surface area contributed by atoms with Crippen LogP contribution in [0, 0.1) is 0 Å². The lowest BCUT2D eigenvalue weighted by Crippen LogP contribution is -2.43. The molecule has 3 heteroatoms. The van der Waals surface area contributed by atoms with Crippen molar-refractivity contribution in [1.82, 2.24) is 0 Å². The highest BCUT2D eigenvalue weighted by Crippen LogP contribution is 2.35. The van der Waals surface area contributed by atoms with Gasteiger partial charge in [0.05, 0.1) is 5.54 Å². The smallest absolute Gasteiger partial charge is 0.246 e. The summed E-state index contributed by atoms with van der Waals surface area (Å²) in [6.45, 7) is 4.31. The van der Waals surface area contributed by atoms with Gasteiger partial charge in [-0.15, -0.1) is 0 Å². The third-order valence-electron chi connectivity index (χ3n) is 3.47. The van der Waals surface area contributed by atoms with E-state index in [0.29, 0.717) is 5.92 Å². The molecule has 0 spiro atoms. The number of nitrogens with two attached hydrogens (primary N) is 1. The minimum atomic E-state index is -0.592. The molecule has 0 radical (unpaired) electrons. The van der Waals surface area contributed by atoms with E-state index in [1.807, 2.05) is 12.1 Å². The second-order valence-electron chi connectivity index (χ2n) is 5.27. The molecular formula is C14H20N2O. The average Bonchev–Trinajstić information content (AvgIpc) is 3.07. The summed E-state index contributed by atoms with van der Waals surface area (Å²) in [6, 6.07) is 8.11. The highest BCUT2D eigenvalue weighted by molar-refractivity contribution is 6.01. The van der Waals surface area contributed by atoms with Crippen LogP contribution in [0.2, 0.25) is 0 Å². The molecule has 1 fully saturated rings. The number of hydrogen-bond donors (Lipinski definition) is 1. The Morgan fingerprint density at radius 2 is 1.82 bits per heavy atom. The fraction of sp³-hybridized carbons (Fsp3) is 0.500. The first-order valence-corrected chi connectivity index (χ1v) is 6.11. The third-order valence-corrected chi connectivity index (χ3v) is 3.47. The molecule has 92 valence electrons. The first-order chi connectivity index (χ1) is 7.94. The molecule has 3 nitrogen and oxygen atoms in total. The Kier molecular flexibility index (Phi) is 2.96. The van der Waals surface area contributed by atoms with Gasteiger partial charge in [0.1, 0.15) is 0 Å². The lowest BCUT2D eigenvalue weighted by molar-refractivity contribution is -0.120. The number of carbonyl (C=O) groups excluding carboxylic acids is 1. The van der Waals surface area contributed by atoms with Crippen molar-refractivity contribution < 1.29 is 4.79 Å². The van der Waals surface area contributed by atoms with Gasteiger partial charge in [0, 0.05) is 12.7 Å². The number of benzene rings is 1. The van der Waals surface area contributed by atoms with Gasteiger partial charge in [0.15, 0.2) is 0 Å². The van der Waals surface area contributed by atoms with Gasteiger partial charge in [-0.05, 0) is 36.5 Å². The largest absolute Gasteiger partial charge is 0.317 e. The molecule has 17 heavy (non-hydrogen) atoms. The second-order valence-corrected chi connectivity index (χ2v) is 5.27. The summed E-state index contributed by atoms with van der Waals surface area (Å²) in [7, 11) is 1.79. The van der Waals surface area contributed by atoms with Gasteiger partial charge in [0.2, 0.25) is 5.91 Å². The van der Waals surface area contributed by atoms with E-state index >= 15 is 0 Å². The Morgan fingerprint density at radius 1 is 1.29 bits per heavy atom. The topological polar surface area (TPSA) is 46.3 Å². The minimum absolute atomic E-state index is 0.0230. The highest BCUT2D eigenvalue weighted by Gasteiger charge is 2.47. The molecule has 0 aromatic heterocycles. The molecule has 0 bridgehead atoms. The zero-order valence-electron chi connectivity index (χ0n) is 10.7. The van der Waals surface area contributed by atoms with Crippen LogP contribution < -0.4 is 10.6 Å². The van der Waals surface area contributed by atoms with Crippen molar-refractivity contribution in [2.24, 2.45) is 5.73 Å². The number of likely N-dealkylation sites (N-methyl/N-ethyl adjacent to an activating group) is 1. The van der Waals surface area contributed by atoms with Gasteiger partial charge in [-0.25, -0.2) is 0 Å². The van der Waals surface area contributed by atoms with Crippen LogP contribution in [0.25, 0.3) is 0 Å². The maximum absolute atomic E-state index is 12.0. The molecule has 1 aromatic carbocycles. The Bertz CT molecular complexity index is 418. The van der Waals surface area contributed by atoms with Crippen LogP contribution in [0.4, 0.5) is 5.69 Å². The summed E-state index contributed by atoms with van der Waals surface area (Å²) in [6.07, 6.45) is 1.61. The zero-order valence-corrected chi connectivity index (χ0v) is 10.7. The quantitative estimate of drug-likeness (QED) is 0.869. The second kappa shape index (κ2) is 4.15. The Morgan fingerprint density at radius 3 is 2.24 bits per heavy atom. The number of amides is 1. The van der Waals surface area contributed by atoms with Crippen molar-refractivity contribution in [3.63, 3.8) is 0 Å². The van der Waals surface area contributed by atoms with Gasteiger partial charge in [-0.1, -0.05) is 26.0 Å². The van der Waals surface area contributed by atoms with Crippen molar-refractivity contribution in [2.45, 2.75) is 38.1 Å². The van der Waals surface area contributed by atoms with Gasteiger partial charge in [-0.3, -0.25) is 4.79 Å². The van der Waals surface area contributed by atoms with E-state index in [1.54, 1.807) is 11.9 Å². The summed E-state index contributed by atoms with van der Waals surface area (Å²) in [5, 5.41) is 0. The molecule has 1 saturated carbocycles. The lowest BCUT2D eigenvalue weighted by Gasteiger charge is -2.21. The standard InChI is InChI=1S/C14H20N2O/c1-10(2)11-4-6-12(7-5-11)16(3)13(17)14(15)8-9-14/h4-7,10H,8-9,15H2,1-3H3. The predicted molar refractivity (Wildman–Crippen MR) is 70.1 cm³/mol. The monoisotopic (exact) mass is 232 g/mol. The minimum Gasteiger partial charge on any atom is -0.317 e. The molecule has 1 aromatic rings. The third kappa shape index (κ3) is 2.34. The molecule has 1 amide bonds. The van der Waals surface area contributed by atoms with Crippen LogP contribution in [0.1, 0.15) is 38.2 Å². The average molecular weight is 232 g/mol. The molecule has 0 heterocycles. The Balaban J connectivity index is 2.14. The van der Waals surface area contributed by atoms with Crippen LogP contribution in [-0.4, -0.2) is 18.5 Å². The molecule has 2 N–H and O–H groups in total. The fourth-order valence-electron chi connectivity index (χ4n) is 1.88. The van der Waals surface area contributed by atoms with Crippen molar-refractivity contribution >= 4 is 11.6 Å². The van der Waals surface area contributed by atoms with Crippen molar-refractivity contribution in [3.05, 3.63) is 29.8 Å². The molecule has 0 atom stereocenters. The van der Waals surface area contributed by atoms with Gasteiger partial charge in [0.25, 0.3) is 0 Å². The van der Waals surface area contributed by atoms with Crippen LogP contribution in [0.15, 0.2) is 24.3 Å². The van der Waals surface area contributed by atoms with Crippen LogP contribution in [0.3, 0.4) is 0 Å². The molecule has 0 unspecified atom stereocenters. The fourth-order valence-corrected chi connectivity index (χ4v) is 1.88.